The van der Waals surface area contributed by atoms with Crippen molar-refractivity contribution in [3.8, 4) is 0 Å². The molecule has 1 rings (SSSR count). The quantitative estimate of drug-likeness (QED) is 0.580. The highest BCUT2D eigenvalue weighted by Gasteiger charge is 2.15. The SMILES string of the molecule is CCOC(=O)C(C)c1ccc(SCC)cc1. The lowest BCUT2D eigenvalue weighted by Crippen LogP contribution is -2.12. The number of benzene rings is 1. The van der Waals surface area contributed by atoms with E-state index < -0.39 is 0 Å². The van der Waals surface area contributed by atoms with Crippen LogP contribution in [0.1, 0.15) is 32.3 Å². The van der Waals surface area contributed by atoms with E-state index in [-0.39, 0.29) is 11.9 Å². The summed E-state index contributed by atoms with van der Waals surface area (Å²) in [6.45, 7) is 6.26. The van der Waals surface area contributed by atoms with Crippen LogP contribution < -0.4 is 0 Å². The maximum Gasteiger partial charge on any atom is 0.313 e. The van der Waals surface area contributed by atoms with Gasteiger partial charge in [0.1, 0.15) is 0 Å². The van der Waals surface area contributed by atoms with Gasteiger partial charge in [-0.3, -0.25) is 4.79 Å². The molecular weight excluding hydrogens is 220 g/mol. The summed E-state index contributed by atoms with van der Waals surface area (Å²) >= 11 is 1.80. The van der Waals surface area contributed by atoms with Gasteiger partial charge in [-0.15, -0.1) is 11.8 Å². The zero-order valence-electron chi connectivity index (χ0n) is 10.0. The lowest BCUT2D eigenvalue weighted by molar-refractivity contribution is -0.144. The molecule has 0 heterocycles. The Balaban J connectivity index is 2.69. The van der Waals surface area contributed by atoms with Crippen LogP contribution in [-0.4, -0.2) is 18.3 Å². The van der Waals surface area contributed by atoms with E-state index in [0.717, 1.165) is 11.3 Å². The third-order valence-electron chi connectivity index (χ3n) is 2.33. The predicted molar refractivity (Wildman–Crippen MR) is 67.9 cm³/mol. The van der Waals surface area contributed by atoms with Crippen LogP contribution in [0.4, 0.5) is 0 Å². The standard InChI is InChI=1S/C13H18O2S/c1-4-15-13(14)10(3)11-6-8-12(9-7-11)16-5-2/h6-10H,4-5H2,1-3H3. The summed E-state index contributed by atoms with van der Waals surface area (Å²) in [6, 6.07) is 8.11. The Morgan fingerprint density at radius 2 is 1.94 bits per heavy atom. The molecule has 88 valence electrons. The molecule has 0 saturated carbocycles. The summed E-state index contributed by atoms with van der Waals surface area (Å²) in [5.41, 5.74) is 1.01. The normalized spacial score (nSPS) is 12.2. The van der Waals surface area contributed by atoms with Crippen molar-refractivity contribution >= 4 is 17.7 Å². The average molecular weight is 238 g/mol. The molecule has 0 aliphatic rings. The smallest absolute Gasteiger partial charge is 0.313 e. The van der Waals surface area contributed by atoms with E-state index in [1.54, 1.807) is 11.8 Å². The van der Waals surface area contributed by atoms with Crippen molar-refractivity contribution in [3.63, 3.8) is 0 Å². The van der Waals surface area contributed by atoms with Gasteiger partial charge in [0, 0.05) is 4.90 Å². The number of rotatable bonds is 5. The molecule has 0 N–H and O–H groups in total. The Morgan fingerprint density at radius 3 is 2.44 bits per heavy atom. The molecule has 0 spiro atoms. The summed E-state index contributed by atoms with van der Waals surface area (Å²) < 4.78 is 4.99. The van der Waals surface area contributed by atoms with Crippen molar-refractivity contribution in [2.24, 2.45) is 0 Å². The first-order valence-electron chi connectivity index (χ1n) is 5.58. The van der Waals surface area contributed by atoms with Gasteiger partial charge in [0.05, 0.1) is 12.5 Å². The van der Waals surface area contributed by atoms with Crippen LogP contribution in [0.15, 0.2) is 29.2 Å². The van der Waals surface area contributed by atoms with Gasteiger partial charge in [-0.1, -0.05) is 19.1 Å². The molecule has 3 heteroatoms. The molecule has 0 aliphatic carbocycles. The molecule has 0 bridgehead atoms. The third kappa shape index (κ3) is 3.56. The number of thioether (sulfide) groups is 1. The van der Waals surface area contributed by atoms with Crippen LogP contribution >= 0.6 is 11.8 Å². The zero-order valence-corrected chi connectivity index (χ0v) is 10.8. The van der Waals surface area contributed by atoms with Gasteiger partial charge in [-0.05, 0) is 37.3 Å². The van der Waals surface area contributed by atoms with E-state index in [0.29, 0.717) is 6.61 Å². The van der Waals surface area contributed by atoms with Gasteiger partial charge in [0.15, 0.2) is 0 Å². The minimum Gasteiger partial charge on any atom is -0.466 e. The van der Waals surface area contributed by atoms with E-state index in [1.165, 1.54) is 4.90 Å². The van der Waals surface area contributed by atoms with Gasteiger partial charge in [-0.2, -0.15) is 0 Å². The van der Waals surface area contributed by atoms with Gasteiger partial charge < -0.3 is 4.74 Å². The second kappa shape index (κ2) is 6.59. The number of esters is 1. The Bertz CT molecular complexity index is 332. The predicted octanol–water partition coefficient (Wildman–Crippen LogP) is 3.47. The summed E-state index contributed by atoms with van der Waals surface area (Å²) in [5.74, 6) is 0.728. The highest BCUT2D eigenvalue weighted by atomic mass is 32.2. The number of hydrogen-bond donors (Lipinski definition) is 0. The molecule has 0 fully saturated rings. The number of carbonyl (C=O) groups excluding carboxylic acids is 1. The molecule has 1 unspecified atom stereocenters. The second-order valence-electron chi connectivity index (χ2n) is 3.48. The molecule has 2 nitrogen and oxygen atoms in total. The van der Waals surface area contributed by atoms with Crippen LogP contribution in [0.2, 0.25) is 0 Å². The van der Waals surface area contributed by atoms with Crippen LogP contribution in [0.3, 0.4) is 0 Å². The summed E-state index contributed by atoms with van der Waals surface area (Å²) in [7, 11) is 0. The Morgan fingerprint density at radius 1 is 1.31 bits per heavy atom. The number of carbonyl (C=O) groups is 1. The van der Waals surface area contributed by atoms with Gasteiger partial charge in [0.25, 0.3) is 0 Å². The molecule has 0 aromatic heterocycles. The van der Waals surface area contributed by atoms with E-state index in [2.05, 4.69) is 19.1 Å². The van der Waals surface area contributed by atoms with Crippen molar-refractivity contribution in [2.75, 3.05) is 12.4 Å². The fourth-order valence-corrected chi connectivity index (χ4v) is 2.08. The first-order chi connectivity index (χ1) is 7.69. The number of hydrogen-bond acceptors (Lipinski definition) is 3. The maximum atomic E-state index is 11.5. The highest BCUT2D eigenvalue weighted by molar-refractivity contribution is 7.99. The molecule has 16 heavy (non-hydrogen) atoms. The first kappa shape index (κ1) is 13.1. The highest BCUT2D eigenvalue weighted by Crippen LogP contribution is 2.22. The Labute approximate surface area is 101 Å². The Hall–Kier alpha value is -0.960. The topological polar surface area (TPSA) is 26.3 Å². The minimum atomic E-state index is -0.180. The molecular formula is C13H18O2S. The van der Waals surface area contributed by atoms with Gasteiger partial charge in [-0.25, -0.2) is 0 Å². The van der Waals surface area contributed by atoms with Crippen molar-refractivity contribution in [1.29, 1.82) is 0 Å². The molecule has 1 aromatic carbocycles. The molecule has 0 saturated heterocycles. The molecule has 1 aromatic rings. The van der Waals surface area contributed by atoms with Gasteiger partial charge in [0.2, 0.25) is 0 Å². The Kier molecular flexibility index (Phi) is 5.39. The van der Waals surface area contributed by atoms with E-state index in [4.69, 9.17) is 4.74 Å². The van der Waals surface area contributed by atoms with E-state index in [9.17, 15) is 4.79 Å². The van der Waals surface area contributed by atoms with Crippen LogP contribution in [-0.2, 0) is 9.53 Å². The van der Waals surface area contributed by atoms with Crippen molar-refractivity contribution in [1.82, 2.24) is 0 Å². The average Bonchev–Trinajstić information content (AvgIpc) is 2.30. The van der Waals surface area contributed by atoms with E-state index in [1.807, 2.05) is 26.0 Å². The summed E-state index contributed by atoms with van der Waals surface area (Å²) in [6.07, 6.45) is 0. The lowest BCUT2D eigenvalue weighted by atomic mass is 10.0. The van der Waals surface area contributed by atoms with Crippen LogP contribution in [0.25, 0.3) is 0 Å². The molecule has 1 atom stereocenters. The largest absolute Gasteiger partial charge is 0.466 e. The van der Waals surface area contributed by atoms with Crippen molar-refractivity contribution in [2.45, 2.75) is 31.6 Å². The monoisotopic (exact) mass is 238 g/mol. The number of ether oxygens (including phenoxy) is 1. The summed E-state index contributed by atoms with van der Waals surface area (Å²) in [4.78, 5) is 12.8. The van der Waals surface area contributed by atoms with Crippen molar-refractivity contribution < 1.29 is 9.53 Å². The maximum absolute atomic E-state index is 11.5. The van der Waals surface area contributed by atoms with Gasteiger partial charge >= 0.3 is 5.97 Å². The molecule has 0 amide bonds. The fourth-order valence-electron chi connectivity index (χ4n) is 1.42. The molecule has 0 aliphatic heterocycles. The molecule has 0 radical (unpaired) electrons. The van der Waals surface area contributed by atoms with E-state index >= 15 is 0 Å². The van der Waals surface area contributed by atoms with Crippen LogP contribution in [0, 0.1) is 0 Å². The van der Waals surface area contributed by atoms with Crippen LogP contribution in [0.5, 0.6) is 0 Å². The van der Waals surface area contributed by atoms with Crippen molar-refractivity contribution in [3.05, 3.63) is 29.8 Å². The lowest BCUT2D eigenvalue weighted by Gasteiger charge is -2.11. The minimum absolute atomic E-state index is 0.154. The summed E-state index contributed by atoms with van der Waals surface area (Å²) in [5, 5.41) is 0. The zero-order chi connectivity index (χ0) is 12.0. The second-order valence-corrected chi connectivity index (χ2v) is 4.81. The third-order valence-corrected chi connectivity index (χ3v) is 3.23. The fraction of sp³-hybridized carbons (Fsp3) is 0.462. The first-order valence-corrected chi connectivity index (χ1v) is 6.57.